The van der Waals surface area contributed by atoms with E-state index in [9.17, 15) is 19.8 Å². The van der Waals surface area contributed by atoms with E-state index in [2.05, 4.69) is 19.2 Å². The first-order valence-electron chi connectivity index (χ1n) is 30.0. The minimum Gasteiger partial charge on any atom is -0.466 e. The summed E-state index contributed by atoms with van der Waals surface area (Å²) < 4.78 is 5.46. The Hall–Kier alpha value is -1.40. The average molecular weight is 933 g/mol. The van der Waals surface area contributed by atoms with Crippen LogP contribution in [0.15, 0.2) is 12.2 Å². The summed E-state index contributed by atoms with van der Waals surface area (Å²) in [6.45, 7) is 4.89. The van der Waals surface area contributed by atoms with Gasteiger partial charge in [0.2, 0.25) is 5.91 Å². The van der Waals surface area contributed by atoms with Gasteiger partial charge in [0, 0.05) is 12.8 Å². The first-order valence-corrected chi connectivity index (χ1v) is 30.0. The van der Waals surface area contributed by atoms with Gasteiger partial charge in [0.15, 0.2) is 0 Å². The Morgan fingerprint density at radius 3 is 1.03 bits per heavy atom. The van der Waals surface area contributed by atoms with Crippen molar-refractivity contribution in [3.8, 4) is 0 Å². The summed E-state index contributed by atoms with van der Waals surface area (Å²) in [6.07, 6.45) is 66.7. The summed E-state index contributed by atoms with van der Waals surface area (Å²) in [6, 6.07) is -0.642. The number of carbonyl (C=O) groups excluding carboxylic acids is 2. The molecule has 0 bridgehead atoms. The van der Waals surface area contributed by atoms with Crippen LogP contribution in [-0.4, -0.2) is 47.4 Å². The standard InChI is InChI=1S/C60H117NO5/c1-3-5-7-9-11-13-15-17-18-19-20-21-22-23-24-25-26-27-28-30-32-36-40-44-48-52-58(63)57(56-62)61-59(64)53-49-45-41-37-33-31-35-39-43-47-51-55-66-60(65)54-50-46-42-38-34-29-16-14-12-10-8-6-4-2/h48,52,57-58,62-63H,3-47,49-51,53-56H2,1-2H3,(H,61,64)/b52-48+. The molecular formula is C60H117NO5. The highest BCUT2D eigenvalue weighted by Crippen LogP contribution is 2.18. The van der Waals surface area contributed by atoms with Crippen molar-refractivity contribution in [1.29, 1.82) is 0 Å². The Morgan fingerprint density at radius 2 is 0.697 bits per heavy atom. The first-order chi connectivity index (χ1) is 32.5. The van der Waals surface area contributed by atoms with Gasteiger partial charge in [-0.25, -0.2) is 0 Å². The molecule has 0 aromatic carbocycles. The number of amides is 1. The van der Waals surface area contributed by atoms with Gasteiger partial charge >= 0.3 is 5.97 Å². The van der Waals surface area contributed by atoms with E-state index in [0.29, 0.717) is 19.4 Å². The molecule has 392 valence electrons. The summed E-state index contributed by atoms with van der Waals surface area (Å²) in [7, 11) is 0. The quantitative estimate of drug-likeness (QED) is 0.0321. The fraction of sp³-hybridized carbons (Fsp3) is 0.933. The molecule has 0 aliphatic carbocycles. The molecular weight excluding hydrogens is 815 g/mol. The van der Waals surface area contributed by atoms with E-state index in [1.807, 2.05) is 6.08 Å². The fourth-order valence-electron chi connectivity index (χ4n) is 9.46. The van der Waals surface area contributed by atoms with Crippen molar-refractivity contribution in [2.45, 2.75) is 347 Å². The molecule has 0 heterocycles. The molecule has 0 aromatic heterocycles. The average Bonchev–Trinajstić information content (AvgIpc) is 3.32. The molecule has 3 N–H and O–H groups in total. The largest absolute Gasteiger partial charge is 0.466 e. The highest BCUT2D eigenvalue weighted by molar-refractivity contribution is 5.76. The number of carbonyl (C=O) groups is 2. The molecule has 0 rings (SSSR count). The van der Waals surface area contributed by atoms with Crippen molar-refractivity contribution in [3.63, 3.8) is 0 Å². The van der Waals surface area contributed by atoms with Crippen molar-refractivity contribution in [2.24, 2.45) is 0 Å². The number of unbranched alkanes of at least 4 members (excludes halogenated alkanes) is 45. The molecule has 2 unspecified atom stereocenters. The number of rotatable bonds is 56. The molecule has 6 heteroatoms. The van der Waals surface area contributed by atoms with Gasteiger partial charge in [-0.1, -0.05) is 302 Å². The number of aliphatic hydroxyl groups is 2. The summed E-state index contributed by atoms with van der Waals surface area (Å²) in [5, 5.41) is 23.2. The van der Waals surface area contributed by atoms with Gasteiger partial charge in [0.05, 0.1) is 25.4 Å². The van der Waals surface area contributed by atoms with E-state index in [1.165, 1.54) is 250 Å². The van der Waals surface area contributed by atoms with Crippen molar-refractivity contribution >= 4 is 11.9 Å². The van der Waals surface area contributed by atoms with Crippen LogP contribution in [0.1, 0.15) is 335 Å². The van der Waals surface area contributed by atoms with Crippen LogP contribution in [0.5, 0.6) is 0 Å². The molecule has 0 saturated heterocycles. The molecule has 66 heavy (non-hydrogen) atoms. The van der Waals surface area contributed by atoms with Crippen LogP contribution in [0.2, 0.25) is 0 Å². The molecule has 0 saturated carbocycles. The van der Waals surface area contributed by atoms with E-state index in [-0.39, 0.29) is 18.5 Å². The minimum absolute atomic E-state index is 0.0127. The van der Waals surface area contributed by atoms with Crippen LogP contribution in [-0.2, 0) is 14.3 Å². The third-order valence-corrected chi connectivity index (χ3v) is 14.1. The summed E-state index contributed by atoms with van der Waals surface area (Å²) in [5.41, 5.74) is 0. The lowest BCUT2D eigenvalue weighted by molar-refractivity contribution is -0.143. The van der Waals surface area contributed by atoms with Gasteiger partial charge in [-0.2, -0.15) is 0 Å². The third kappa shape index (κ3) is 52.0. The lowest BCUT2D eigenvalue weighted by Crippen LogP contribution is -2.45. The number of nitrogens with one attached hydrogen (secondary N) is 1. The molecule has 0 radical (unpaired) electrons. The normalized spacial score (nSPS) is 12.6. The number of hydrogen-bond acceptors (Lipinski definition) is 5. The number of hydrogen-bond donors (Lipinski definition) is 3. The van der Waals surface area contributed by atoms with Gasteiger partial charge in [0.25, 0.3) is 0 Å². The third-order valence-electron chi connectivity index (χ3n) is 14.1. The topological polar surface area (TPSA) is 95.9 Å². The van der Waals surface area contributed by atoms with E-state index in [0.717, 1.165) is 57.8 Å². The summed E-state index contributed by atoms with van der Waals surface area (Å²) in [5.74, 6) is -0.0952. The summed E-state index contributed by atoms with van der Waals surface area (Å²) in [4.78, 5) is 24.5. The van der Waals surface area contributed by atoms with E-state index in [4.69, 9.17) is 4.74 Å². The number of aliphatic hydroxyl groups excluding tert-OH is 2. The highest BCUT2D eigenvalue weighted by atomic mass is 16.5. The van der Waals surface area contributed by atoms with Gasteiger partial charge in [0.1, 0.15) is 0 Å². The minimum atomic E-state index is -0.857. The van der Waals surface area contributed by atoms with Crippen molar-refractivity contribution in [3.05, 3.63) is 12.2 Å². The van der Waals surface area contributed by atoms with Crippen LogP contribution in [0.25, 0.3) is 0 Å². The molecule has 0 aliphatic rings. The van der Waals surface area contributed by atoms with Crippen LogP contribution in [0.4, 0.5) is 0 Å². The predicted octanol–water partition coefficient (Wildman–Crippen LogP) is 18.5. The molecule has 6 nitrogen and oxygen atoms in total. The zero-order chi connectivity index (χ0) is 47.9. The van der Waals surface area contributed by atoms with Crippen molar-refractivity contribution < 1.29 is 24.5 Å². The van der Waals surface area contributed by atoms with Crippen molar-refractivity contribution in [2.75, 3.05) is 13.2 Å². The van der Waals surface area contributed by atoms with Gasteiger partial charge < -0.3 is 20.3 Å². The second-order valence-corrected chi connectivity index (χ2v) is 20.7. The zero-order valence-corrected chi connectivity index (χ0v) is 44.7. The van der Waals surface area contributed by atoms with E-state index < -0.39 is 12.1 Å². The lowest BCUT2D eigenvalue weighted by atomic mass is 10.0. The Bertz CT molecular complexity index is 986. The molecule has 2 atom stereocenters. The van der Waals surface area contributed by atoms with Gasteiger partial charge in [-0.3, -0.25) is 9.59 Å². The summed E-state index contributed by atoms with van der Waals surface area (Å²) >= 11 is 0. The molecule has 0 aliphatic heterocycles. The number of ether oxygens (including phenoxy) is 1. The number of allylic oxidation sites excluding steroid dienone is 1. The van der Waals surface area contributed by atoms with E-state index in [1.54, 1.807) is 6.08 Å². The smallest absolute Gasteiger partial charge is 0.305 e. The second kappa shape index (κ2) is 56.2. The van der Waals surface area contributed by atoms with Crippen molar-refractivity contribution in [1.82, 2.24) is 5.32 Å². The Kier molecular flexibility index (Phi) is 55.0. The monoisotopic (exact) mass is 932 g/mol. The Labute approximate surface area is 412 Å². The molecule has 0 spiro atoms. The van der Waals surface area contributed by atoms with Gasteiger partial charge in [-0.05, 0) is 32.1 Å². The maximum Gasteiger partial charge on any atom is 0.305 e. The predicted molar refractivity (Wildman–Crippen MR) is 287 cm³/mol. The number of esters is 1. The zero-order valence-electron chi connectivity index (χ0n) is 44.7. The van der Waals surface area contributed by atoms with E-state index >= 15 is 0 Å². The van der Waals surface area contributed by atoms with Crippen LogP contribution >= 0.6 is 0 Å². The second-order valence-electron chi connectivity index (χ2n) is 20.7. The Morgan fingerprint density at radius 1 is 0.409 bits per heavy atom. The Balaban J connectivity index is 3.48. The SMILES string of the molecule is CCCCCCCCCCCCCCCCCCCCCCCCC/C=C/C(O)C(CO)NC(=O)CCCCCCCCCCCCCOC(=O)CCCCCCCCCCCCCCC. The highest BCUT2D eigenvalue weighted by Gasteiger charge is 2.18. The maximum atomic E-state index is 12.5. The van der Waals surface area contributed by atoms with Crippen LogP contribution in [0, 0.1) is 0 Å². The maximum absolute atomic E-state index is 12.5. The molecule has 1 amide bonds. The van der Waals surface area contributed by atoms with Crippen LogP contribution in [0.3, 0.4) is 0 Å². The molecule has 0 fully saturated rings. The lowest BCUT2D eigenvalue weighted by Gasteiger charge is -2.20. The van der Waals surface area contributed by atoms with Gasteiger partial charge in [-0.15, -0.1) is 0 Å². The molecule has 0 aromatic rings. The first kappa shape index (κ1) is 64.6. The van der Waals surface area contributed by atoms with Crippen LogP contribution < -0.4 is 5.32 Å². The fourth-order valence-corrected chi connectivity index (χ4v) is 9.46.